The second kappa shape index (κ2) is 9.01. The highest BCUT2D eigenvalue weighted by Crippen LogP contribution is 2.38. The van der Waals surface area contributed by atoms with Crippen molar-refractivity contribution in [3.05, 3.63) is 96.2 Å². The first-order chi connectivity index (χ1) is 14.7. The predicted molar refractivity (Wildman–Crippen MR) is 116 cm³/mol. The van der Waals surface area contributed by atoms with E-state index in [0.29, 0.717) is 13.0 Å². The van der Waals surface area contributed by atoms with Crippen LogP contribution in [0, 0.1) is 5.82 Å². The molecule has 0 spiro atoms. The van der Waals surface area contributed by atoms with Gasteiger partial charge in [-0.15, -0.1) is 0 Å². The summed E-state index contributed by atoms with van der Waals surface area (Å²) in [6.07, 6.45) is 4.12. The first-order valence-corrected chi connectivity index (χ1v) is 10.2. The molecule has 0 saturated heterocycles. The zero-order valence-corrected chi connectivity index (χ0v) is 16.9. The summed E-state index contributed by atoms with van der Waals surface area (Å²) in [7, 11) is 0. The Hall–Kier alpha value is -3.31. The second-order valence-electron chi connectivity index (χ2n) is 7.21. The number of hydrogen-bond donors (Lipinski definition) is 1. The number of rotatable bonds is 7. The molecule has 30 heavy (non-hydrogen) atoms. The van der Waals surface area contributed by atoms with Gasteiger partial charge in [0, 0.05) is 30.1 Å². The molecule has 4 rings (SSSR count). The van der Waals surface area contributed by atoms with Gasteiger partial charge >= 0.3 is 0 Å². The van der Waals surface area contributed by atoms with Crippen molar-refractivity contribution in [2.45, 2.75) is 32.4 Å². The van der Waals surface area contributed by atoms with Gasteiger partial charge < -0.3 is 5.11 Å². The molecule has 0 fully saturated rings. The molecular formula is C25H24FN3O. The summed E-state index contributed by atoms with van der Waals surface area (Å²) >= 11 is 0. The van der Waals surface area contributed by atoms with Crippen molar-refractivity contribution in [3.8, 4) is 22.4 Å². The molecule has 1 N–H and O–H groups in total. The van der Waals surface area contributed by atoms with Crippen molar-refractivity contribution in [2.24, 2.45) is 0 Å². The van der Waals surface area contributed by atoms with Crippen LogP contribution in [0.5, 0.6) is 0 Å². The number of pyridine rings is 1. The summed E-state index contributed by atoms with van der Waals surface area (Å²) in [6.45, 7) is 2.63. The van der Waals surface area contributed by atoms with E-state index in [-0.39, 0.29) is 5.82 Å². The molecule has 0 radical (unpaired) electrons. The van der Waals surface area contributed by atoms with Crippen LogP contribution in [0.15, 0.2) is 79.1 Å². The molecule has 0 aliphatic carbocycles. The van der Waals surface area contributed by atoms with Crippen LogP contribution in [0.1, 0.15) is 30.7 Å². The molecule has 2 heterocycles. The smallest absolute Gasteiger partial charge is 0.123 e. The van der Waals surface area contributed by atoms with Gasteiger partial charge in [-0.05, 0) is 67.3 Å². The molecule has 2 aromatic carbocycles. The molecule has 0 saturated carbocycles. The zero-order chi connectivity index (χ0) is 20.9. The number of halogens is 1. The zero-order valence-electron chi connectivity index (χ0n) is 16.9. The van der Waals surface area contributed by atoms with Crippen LogP contribution in [-0.2, 0) is 13.0 Å². The standard InChI is InChI=1S/C25H24FN3O/c1-2-29-25(22(30)13-8-18-6-4-3-5-7-18)23(19-14-16-27-17-15-19)24(28-29)20-9-11-21(26)12-10-20/h3-7,9-12,14-17,22,30H,2,8,13H2,1H3. The van der Waals surface area contributed by atoms with Crippen molar-refractivity contribution in [2.75, 3.05) is 0 Å². The summed E-state index contributed by atoms with van der Waals surface area (Å²) in [5.41, 5.74) is 5.30. The van der Waals surface area contributed by atoms with E-state index in [1.54, 1.807) is 24.5 Å². The van der Waals surface area contributed by atoms with Crippen molar-refractivity contribution in [1.29, 1.82) is 0 Å². The molecule has 5 heteroatoms. The largest absolute Gasteiger partial charge is 0.387 e. The molecule has 0 aliphatic heterocycles. The highest BCUT2D eigenvalue weighted by Gasteiger charge is 2.25. The van der Waals surface area contributed by atoms with Crippen molar-refractivity contribution in [1.82, 2.24) is 14.8 Å². The second-order valence-corrected chi connectivity index (χ2v) is 7.21. The maximum atomic E-state index is 13.5. The molecule has 4 nitrogen and oxygen atoms in total. The highest BCUT2D eigenvalue weighted by atomic mass is 19.1. The van der Waals surface area contributed by atoms with E-state index in [4.69, 9.17) is 5.10 Å². The monoisotopic (exact) mass is 401 g/mol. The van der Waals surface area contributed by atoms with Gasteiger partial charge in [0.2, 0.25) is 0 Å². The van der Waals surface area contributed by atoms with Crippen LogP contribution in [-0.4, -0.2) is 19.9 Å². The molecule has 0 bridgehead atoms. The Balaban J connectivity index is 1.79. The van der Waals surface area contributed by atoms with Crippen LogP contribution >= 0.6 is 0 Å². The Bertz CT molecular complexity index is 1090. The molecule has 4 aromatic rings. The Labute approximate surface area is 175 Å². The Kier molecular flexibility index (Phi) is 6.00. The Morgan fingerprint density at radius 1 is 0.933 bits per heavy atom. The van der Waals surface area contributed by atoms with Crippen LogP contribution < -0.4 is 0 Å². The number of hydrogen-bond acceptors (Lipinski definition) is 3. The molecule has 2 aromatic heterocycles. The van der Waals surface area contributed by atoms with Gasteiger partial charge in [0.15, 0.2) is 0 Å². The van der Waals surface area contributed by atoms with Crippen LogP contribution in [0.25, 0.3) is 22.4 Å². The molecule has 152 valence electrons. The summed E-state index contributed by atoms with van der Waals surface area (Å²) in [5.74, 6) is -0.290. The fraction of sp³-hybridized carbons (Fsp3) is 0.200. The third kappa shape index (κ3) is 4.16. The van der Waals surface area contributed by atoms with Gasteiger partial charge in [-0.3, -0.25) is 9.67 Å². The summed E-state index contributed by atoms with van der Waals surface area (Å²) in [5, 5.41) is 16.0. The van der Waals surface area contributed by atoms with Crippen LogP contribution in [0.3, 0.4) is 0 Å². The molecule has 0 amide bonds. The number of aliphatic hydroxyl groups is 1. The summed E-state index contributed by atoms with van der Waals surface area (Å²) < 4.78 is 15.3. The predicted octanol–water partition coefficient (Wildman–Crippen LogP) is 5.44. The Morgan fingerprint density at radius 3 is 2.30 bits per heavy atom. The fourth-order valence-electron chi connectivity index (χ4n) is 3.75. The minimum Gasteiger partial charge on any atom is -0.387 e. The van der Waals surface area contributed by atoms with E-state index >= 15 is 0 Å². The topological polar surface area (TPSA) is 50.9 Å². The summed E-state index contributed by atoms with van der Waals surface area (Å²) in [4.78, 5) is 4.12. The Morgan fingerprint density at radius 2 is 1.63 bits per heavy atom. The van der Waals surface area contributed by atoms with E-state index in [2.05, 4.69) is 17.1 Å². The van der Waals surface area contributed by atoms with Gasteiger partial charge in [0.05, 0.1) is 11.8 Å². The normalized spacial score (nSPS) is 12.1. The molecule has 1 unspecified atom stereocenters. The third-order valence-electron chi connectivity index (χ3n) is 5.24. The molecule has 0 aliphatic rings. The van der Waals surface area contributed by atoms with Gasteiger partial charge in [-0.1, -0.05) is 30.3 Å². The lowest BCUT2D eigenvalue weighted by Crippen LogP contribution is -2.10. The van der Waals surface area contributed by atoms with E-state index in [9.17, 15) is 9.50 Å². The quantitative estimate of drug-likeness (QED) is 0.449. The van der Waals surface area contributed by atoms with Gasteiger partial charge in [0.1, 0.15) is 11.5 Å². The van der Waals surface area contributed by atoms with Gasteiger partial charge in [-0.2, -0.15) is 5.10 Å². The van der Waals surface area contributed by atoms with E-state index < -0.39 is 6.10 Å². The maximum Gasteiger partial charge on any atom is 0.123 e. The van der Waals surface area contributed by atoms with E-state index in [0.717, 1.165) is 34.5 Å². The number of aromatic nitrogens is 3. The lowest BCUT2D eigenvalue weighted by molar-refractivity contribution is 0.157. The maximum absolute atomic E-state index is 13.5. The van der Waals surface area contributed by atoms with Crippen LogP contribution in [0.2, 0.25) is 0 Å². The SMILES string of the molecule is CCn1nc(-c2ccc(F)cc2)c(-c2ccncc2)c1C(O)CCc1ccccc1. The fourth-order valence-corrected chi connectivity index (χ4v) is 3.75. The van der Waals surface area contributed by atoms with E-state index in [1.807, 2.05) is 41.9 Å². The molecule has 1 atom stereocenters. The number of benzene rings is 2. The minimum absolute atomic E-state index is 0.290. The first kappa shape index (κ1) is 20.0. The number of aliphatic hydroxyl groups excluding tert-OH is 1. The molecular weight excluding hydrogens is 377 g/mol. The minimum atomic E-state index is -0.685. The summed E-state index contributed by atoms with van der Waals surface area (Å²) in [6, 6.07) is 20.3. The van der Waals surface area contributed by atoms with Gasteiger partial charge in [-0.25, -0.2) is 4.39 Å². The highest BCUT2D eigenvalue weighted by molar-refractivity contribution is 5.83. The van der Waals surface area contributed by atoms with Crippen LogP contribution in [0.4, 0.5) is 4.39 Å². The first-order valence-electron chi connectivity index (χ1n) is 10.2. The van der Waals surface area contributed by atoms with Gasteiger partial charge in [0.25, 0.3) is 0 Å². The lowest BCUT2D eigenvalue weighted by Gasteiger charge is -2.15. The lowest BCUT2D eigenvalue weighted by atomic mass is 9.95. The van der Waals surface area contributed by atoms with Crippen molar-refractivity contribution in [3.63, 3.8) is 0 Å². The van der Waals surface area contributed by atoms with E-state index in [1.165, 1.54) is 17.7 Å². The number of aryl methyl sites for hydroxylation is 2. The van der Waals surface area contributed by atoms with Crippen molar-refractivity contribution >= 4 is 0 Å². The van der Waals surface area contributed by atoms with Crippen molar-refractivity contribution < 1.29 is 9.50 Å². The number of nitrogens with zero attached hydrogens (tertiary/aromatic N) is 3. The average molecular weight is 401 g/mol. The average Bonchev–Trinajstić information content (AvgIpc) is 3.19. The third-order valence-corrected chi connectivity index (χ3v) is 5.24.